The van der Waals surface area contributed by atoms with E-state index in [0.717, 1.165) is 13.0 Å². The normalized spacial score (nSPS) is 21.0. The Kier molecular flexibility index (Phi) is 4.38. The van der Waals surface area contributed by atoms with Crippen molar-refractivity contribution in [1.29, 1.82) is 0 Å². The highest BCUT2D eigenvalue weighted by molar-refractivity contribution is 5.68. The molecular weight excluding hydrogens is 254 g/mol. The minimum absolute atomic E-state index is 0.214. The molecular formula is C15H25N3O2. The maximum absolute atomic E-state index is 12.0. The number of rotatable bonds is 3. The van der Waals surface area contributed by atoms with E-state index in [2.05, 4.69) is 23.3 Å². The summed E-state index contributed by atoms with van der Waals surface area (Å²) in [6.45, 7) is 9.27. The lowest BCUT2D eigenvalue weighted by Crippen LogP contribution is -2.39. The lowest BCUT2D eigenvalue weighted by atomic mass is 10.2. The van der Waals surface area contributed by atoms with Crippen LogP contribution < -0.4 is 5.32 Å². The molecule has 2 rings (SSSR count). The lowest BCUT2D eigenvalue weighted by molar-refractivity contribution is 0.0290. The minimum Gasteiger partial charge on any atom is -0.444 e. The Morgan fingerprint density at radius 2 is 2.30 bits per heavy atom. The highest BCUT2D eigenvalue weighted by Crippen LogP contribution is 2.18. The van der Waals surface area contributed by atoms with E-state index in [1.807, 2.05) is 33.0 Å². The van der Waals surface area contributed by atoms with Crippen molar-refractivity contribution in [2.45, 2.75) is 51.8 Å². The van der Waals surface area contributed by atoms with Gasteiger partial charge >= 0.3 is 6.09 Å². The van der Waals surface area contributed by atoms with E-state index in [9.17, 15) is 4.79 Å². The van der Waals surface area contributed by atoms with Crippen LogP contribution in [0.25, 0.3) is 0 Å². The van der Waals surface area contributed by atoms with Gasteiger partial charge in [-0.2, -0.15) is 0 Å². The zero-order valence-electron chi connectivity index (χ0n) is 12.8. The largest absolute Gasteiger partial charge is 0.444 e. The van der Waals surface area contributed by atoms with Gasteiger partial charge in [-0.15, -0.1) is 0 Å². The molecule has 0 bridgehead atoms. The number of amides is 1. The van der Waals surface area contributed by atoms with Crippen LogP contribution in [-0.4, -0.2) is 40.7 Å². The molecule has 1 aromatic heterocycles. The predicted octanol–water partition coefficient (Wildman–Crippen LogP) is 2.67. The first-order valence-electron chi connectivity index (χ1n) is 7.22. The Hall–Kier alpha value is -1.49. The molecule has 1 unspecified atom stereocenters. The average Bonchev–Trinajstić information content (AvgIpc) is 2.97. The Labute approximate surface area is 120 Å². The molecule has 1 saturated heterocycles. The summed E-state index contributed by atoms with van der Waals surface area (Å²) < 4.78 is 5.40. The molecule has 0 radical (unpaired) electrons. The number of aromatic amines is 1. The molecule has 5 nitrogen and oxygen atoms in total. The van der Waals surface area contributed by atoms with Crippen molar-refractivity contribution in [3.63, 3.8) is 0 Å². The van der Waals surface area contributed by atoms with Crippen LogP contribution in [-0.2, 0) is 4.74 Å². The number of hydrogen-bond acceptors (Lipinski definition) is 3. The third-order valence-electron chi connectivity index (χ3n) is 3.41. The maximum atomic E-state index is 12.0. The van der Waals surface area contributed by atoms with Crippen LogP contribution in [0.3, 0.4) is 0 Å². The number of likely N-dealkylation sites (tertiary alicyclic amines) is 1. The van der Waals surface area contributed by atoms with Crippen molar-refractivity contribution in [2.24, 2.45) is 0 Å². The number of ether oxygens (including phenoxy) is 1. The zero-order valence-corrected chi connectivity index (χ0v) is 12.8. The van der Waals surface area contributed by atoms with E-state index in [-0.39, 0.29) is 12.1 Å². The molecule has 1 aromatic rings. The van der Waals surface area contributed by atoms with Gasteiger partial charge in [-0.1, -0.05) is 0 Å². The van der Waals surface area contributed by atoms with Crippen LogP contribution in [0, 0.1) is 0 Å². The summed E-state index contributed by atoms with van der Waals surface area (Å²) >= 11 is 0. The minimum atomic E-state index is -0.430. The molecule has 1 aliphatic rings. The van der Waals surface area contributed by atoms with Gasteiger partial charge in [-0.25, -0.2) is 4.79 Å². The Bertz CT molecular complexity index is 436. The van der Waals surface area contributed by atoms with Gasteiger partial charge < -0.3 is 19.9 Å². The van der Waals surface area contributed by atoms with E-state index < -0.39 is 5.60 Å². The van der Waals surface area contributed by atoms with Crippen LogP contribution in [0.5, 0.6) is 0 Å². The van der Waals surface area contributed by atoms with Crippen LogP contribution in [0.1, 0.15) is 45.9 Å². The van der Waals surface area contributed by atoms with E-state index in [0.29, 0.717) is 12.6 Å². The molecule has 2 N–H and O–H groups in total. The number of carbonyl (C=O) groups excluding carboxylic acids is 1. The summed E-state index contributed by atoms with van der Waals surface area (Å²) in [4.78, 5) is 17.0. The van der Waals surface area contributed by atoms with E-state index in [1.54, 1.807) is 4.90 Å². The molecule has 112 valence electrons. The number of hydrogen-bond donors (Lipinski definition) is 2. The average molecular weight is 279 g/mol. The van der Waals surface area contributed by atoms with Crippen molar-refractivity contribution < 1.29 is 9.53 Å². The summed E-state index contributed by atoms with van der Waals surface area (Å²) in [5, 5.41) is 3.55. The molecule has 1 amide bonds. The second-order valence-corrected chi connectivity index (χ2v) is 6.43. The maximum Gasteiger partial charge on any atom is 0.410 e. The van der Waals surface area contributed by atoms with Gasteiger partial charge in [0.1, 0.15) is 5.60 Å². The van der Waals surface area contributed by atoms with Gasteiger partial charge in [0.05, 0.1) is 0 Å². The molecule has 1 fully saturated rings. The van der Waals surface area contributed by atoms with Crippen LogP contribution in [0.2, 0.25) is 0 Å². The molecule has 5 heteroatoms. The van der Waals surface area contributed by atoms with E-state index in [1.165, 1.54) is 5.69 Å². The second-order valence-electron chi connectivity index (χ2n) is 6.43. The SMILES string of the molecule is CC(N[C@H]1CCN(C(=O)OC(C)(C)C)C1)c1ccc[nH]1. The smallest absolute Gasteiger partial charge is 0.410 e. The second kappa shape index (κ2) is 5.87. The van der Waals surface area contributed by atoms with Gasteiger partial charge in [-0.3, -0.25) is 0 Å². The summed E-state index contributed by atoms with van der Waals surface area (Å²) in [5.74, 6) is 0. The highest BCUT2D eigenvalue weighted by Gasteiger charge is 2.30. The van der Waals surface area contributed by atoms with E-state index >= 15 is 0 Å². The molecule has 0 saturated carbocycles. The summed E-state index contributed by atoms with van der Waals surface area (Å²) in [5.41, 5.74) is 0.737. The highest BCUT2D eigenvalue weighted by atomic mass is 16.6. The molecule has 0 aliphatic carbocycles. The monoisotopic (exact) mass is 279 g/mol. The first-order valence-corrected chi connectivity index (χ1v) is 7.22. The fourth-order valence-corrected chi connectivity index (χ4v) is 2.45. The Morgan fingerprint density at radius 1 is 1.55 bits per heavy atom. The topological polar surface area (TPSA) is 57.4 Å². The number of nitrogens with one attached hydrogen (secondary N) is 2. The molecule has 0 aromatic carbocycles. The fraction of sp³-hybridized carbons (Fsp3) is 0.667. The van der Waals surface area contributed by atoms with Gasteiger partial charge in [0.25, 0.3) is 0 Å². The predicted molar refractivity (Wildman–Crippen MR) is 78.6 cm³/mol. The van der Waals surface area contributed by atoms with Crippen molar-refractivity contribution in [1.82, 2.24) is 15.2 Å². The van der Waals surface area contributed by atoms with Crippen molar-refractivity contribution in [3.05, 3.63) is 24.0 Å². The summed E-state index contributed by atoms with van der Waals surface area (Å²) in [6.07, 6.45) is 2.67. The van der Waals surface area contributed by atoms with Gasteiger partial charge in [-0.05, 0) is 46.2 Å². The zero-order chi connectivity index (χ0) is 14.8. The Morgan fingerprint density at radius 3 is 2.90 bits per heavy atom. The molecule has 2 heterocycles. The number of aromatic nitrogens is 1. The third-order valence-corrected chi connectivity index (χ3v) is 3.41. The fourth-order valence-electron chi connectivity index (χ4n) is 2.45. The standard InChI is InChI=1S/C15H25N3O2/c1-11(13-6-5-8-16-13)17-12-7-9-18(10-12)14(19)20-15(2,3)4/h5-6,8,11-12,16-17H,7,9-10H2,1-4H3/t11?,12-/m0/s1. The number of H-pyrrole nitrogens is 1. The summed E-state index contributed by atoms with van der Waals surface area (Å²) in [7, 11) is 0. The molecule has 0 spiro atoms. The summed E-state index contributed by atoms with van der Waals surface area (Å²) in [6, 6.07) is 4.64. The quantitative estimate of drug-likeness (QED) is 0.894. The number of carbonyl (C=O) groups is 1. The first-order chi connectivity index (χ1) is 9.35. The van der Waals surface area contributed by atoms with Crippen LogP contribution in [0.4, 0.5) is 4.79 Å². The third kappa shape index (κ3) is 4.00. The number of nitrogens with zero attached hydrogens (tertiary/aromatic N) is 1. The molecule has 20 heavy (non-hydrogen) atoms. The van der Waals surface area contributed by atoms with Crippen molar-refractivity contribution in [3.8, 4) is 0 Å². The van der Waals surface area contributed by atoms with Crippen LogP contribution in [0.15, 0.2) is 18.3 Å². The van der Waals surface area contributed by atoms with Crippen LogP contribution >= 0.6 is 0 Å². The first kappa shape index (κ1) is 14.9. The van der Waals surface area contributed by atoms with Gasteiger partial charge in [0, 0.05) is 37.1 Å². The lowest BCUT2D eigenvalue weighted by Gasteiger charge is -2.25. The van der Waals surface area contributed by atoms with Gasteiger partial charge in [0.2, 0.25) is 0 Å². The Balaban J connectivity index is 1.82. The van der Waals surface area contributed by atoms with Gasteiger partial charge in [0.15, 0.2) is 0 Å². The van der Waals surface area contributed by atoms with Crippen molar-refractivity contribution >= 4 is 6.09 Å². The van der Waals surface area contributed by atoms with E-state index in [4.69, 9.17) is 4.74 Å². The molecule has 1 aliphatic heterocycles. The van der Waals surface area contributed by atoms with Crippen molar-refractivity contribution in [2.75, 3.05) is 13.1 Å². The molecule has 2 atom stereocenters.